The van der Waals surface area contributed by atoms with Crippen LogP contribution in [-0.2, 0) is 19.2 Å². The van der Waals surface area contributed by atoms with Crippen LogP contribution in [0.5, 0.6) is 5.75 Å². The fourth-order valence-electron chi connectivity index (χ4n) is 3.35. The Kier molecular flexibility index (Phi) is 7.60. The van der Waals surface area contributed by atoms with Crippen LogP contribution in [0.1, 0.15) is 16.8 Å². The molecule has 0 bridgehead atoms. The Balaban J connectivity index is 1.88. The molecular formula is C20H25N5O7. The van der Waals surface area contributed by atoms with Crippen LogP contribution < -0.4 is 26.0 Å². The number of hydrogen-bond acceptors (Lipinski definition) is 7. The fourth-order valence-corrected chi connectivity index (χ4v) is 3.35. The number of ether oxygens (including phenoxy) is 1. The first kappa shape index (κ1) is 23.0. The van der Waals surface area contributed by atoms with Crippen LogP contribution in [0.2, 0.25) is 0 Å². The number of para-hydroxylation sites is 1. The third-order valence-corrected chi connectivity index (χ3v) is 4.97. The van der Waals surface area contributed by atoms with Crippen molar-refractivity contribution >= 4 is 29.5 Å². The molecule has 172 valence electrons. The van der Waals surface area contributed by atoms with E-state index >= 15 is 0 Å². The number of fused-ring (bicyclic) bond motifs is 1. The summed E-state index contributed by atoms with van der Waals surface area (Å²) in [6.45, 7) is -0.264. The number of amides is 5. The third-order valence-electron chi connectivity index (χ3n) is 4.97. The number of nitrogens with zero attached hydrogens (tertiary/aromatic N) is 1. The molecule has 1 saturated heterocycles. The standard InChI is InChI=1S/C20H25N5O7/c26-11-14-19(30)22-6-8-32-15-4-2-1-3-12(15)18(29)24-13(9-16(27)23-14)20(31)25-7-5-21-17(28)10-25/h1-4,13-14,26H,5-11H2,(H,21,28)(H,22,30)(H,23,27)(H,24,29)/t13-,14-/m0/s1. The van der Waals surface area contributed by atoms with Gasteiger partial charge in [-0.05, 0) is 12.1 Å². The highest BCUT2D eigenvalue weighted by atomic mass is 16.5. The Morgan fingerprint density at radius 2 is 1.84 bits per heavy atom. The third kappa shape index (κ3) is 5.72. The molecule has 5 N–H and O–H groups in total. The second-order valence-corrected chi connectivity index (χ2v) is 7.28. The summed E-state index contributed by atoms with van der Waals surface area (Å²) < 4.78 is 5.59. The van der Waals surface area contributed by atoms with Crippen molar-refractivity contribution in [2.24, 2.45) is 0 Å². The lowest BCUT2D eigenvalue weighted by Crippen LogP contribution is -2.57. The maximum Gasteiger partial charge on any atom is 0.255 e. The summed E-state index contributed by atoms with van der Waals surface area (Å²) >= 11 is 0. The van der Waals surface area contributed by atoms with Crippen molar-refractivity contribution in [2.45, 2.75) is 18.5 Å². The van der Waals surface area contributed by atoms with Gasteiger partial charge in [0.15, 0.2) is 0 Å². The van der Waals surface area contributed by atoms with Crippen molar-refractivity contribution in [2.75, 3.05) is 39.4 Å². The summed E-state index contributed by atoms with van der Waals surface area (Å²) in [5.74, 6) is -2.69. The number of aliphatic hydroxyl groups is 1. The topological polar surface area (TPSA) is 166 Å². The average Bonchev–Trinajstić information content (AvgIpc) is 2.78. The van der Waals surface area contributed by atoms with Crippen LogP contribution in [-0.4, -0.2) is 91.0 Å². The Labute approximate surface area is 183 Å². The molecule has 2 aliphatic rings. The fraction of sp³-hybridized carbons (Fsp3) is 0.450. The number of piperazine rings is 1. The van der Waals surface area contributed by atoms with Crippen molar-refractivity contribution in [3.05, 3.63) is 29.8 Å². The summed E-state index contributed by atoms with van der Waals surface area (Å²) in [6, 6.07) is 3.83. The van der Waals surface area contributed by atoms with E-state index in [1.807, 2.05) is 0 Å². The predicted octanol–water partition coefficient (Wildman–Crippen LogP) is -2.88. The lowest BCUT2D eigenvalue weighted by Gasteiger charge is -2.30. The van der Waals surface area contributed by atoms with Gasteiger partial charge in [-0.25, -0.2) is 0 Å². The summed E-state index contributed by atoms with van der Waals surface area (Å²) in [4.78, 5) is 63.7. The minimum absolute atomic E-state index is 0.0351. The van der Waals surface area contributed by atoms with Crippen LogP contribution in [0.4, 0.5) is 0 Å². The van der Waals surface area contributed by atoms with Gasteiger partial charge in [-0.1, -0.05) is 12.1 Å². The highest BCUT2D eigenvalue weighted by molar-refractivity contribution is 6.01. The highest BCUT2D eigenvalue weighted by Gasteiger charge is 2.32. The molecule has 1 aromatic rings. The van der Waals surface area contributed by atoms with Crippen molar-refractivity contribution in [3.63, 3.8) is 0 Å². The molecule has 5 amide bonds. The second-order valence-electron chi connectivity index (χ2n) is 7.28. The smallest absolute Gasteiger partial charge is 0.255 e. The maximum absolute atomic E-state index is 13.0. The Morgan fingerprint density at radius 3 is 2.59 bits per heavy atom. The van der Waals surface area contributed by atoms with Crippen LogP contribution >= 0.6 is 0 Å². The Hall–Kier alpha value is -3.67. The molecule has 12 nitrogen and oxygen atoms in total. The van der Waals surface area contributed by atoms with E-state index in [0.29, 0.717) is 0 Å². The van der Waals surface area contributed by atoms with E-state index in [1.54, 1.807) is 18.2 Å². The van der Waals surface area contributed by atoms with Gasteiger partial charge in [0, 0.05) is 13.1 Å². The van der Waals surface area contributed by atoms with Crippen LogP contribution in [0, 0.1) is 0 Å². The van der Waals surface area contributed by atoms with Crippen molar-refractivity contribution < 1.29 is 33.8 Å². The van der Waals surface area contributed by atoms with Gasteiger partial charge >= 0.3 is 0 Å². The van der Waals surface area contributed by atoms with E-state index in [9.17, 15) is 29.1 Å². The van der Waals surface area contributed by atoms with E-state index in [4.69, 9.17) is 4.74 Å². The number of hydrogen-bond donors (Lipinski definition) is 5. The lowest BCUT2D eigenvalue weighted by molar-refractivity contribution is -0.141. The number of carbonyl (C=O) groups excluding carboxylic acids is 5. The van der Waals surface area contributed by atoms with Crippen LogP contribution in [0.15, 0.2) is 24.3 Å². The zero-order valence-corrected chi connectivity index (χ0v) is 17.3. The SMILES string of the molecule is O=C1CN(C(=O)[C@@H]2CC(=O)N[C@@H](CO)C(=O)NCCOc3ccccc3C(=O)N2)CCN1. The molecule has 1 aromatic carbocycles. The number of nitrogens with one attached hydrogen (secondary N) is 4. The van der Waals surface area contributed by atoms with Crippen LogP contribution in [0.25, 0.3) is 0 Å². The highest BCUT2D eigenvalue weighted by Crippen LogP contribution is 2.18. The van der Waals surface area contributed by atoms with E-state index in [-0.39, 0.29) is 50.0 Å². The summed E-state index contributed by atoms with van der Waals surface area (Å²) in [5, 5.41) is 19.5. The number of carbonyl (C=O) groups is 5. The van der Waals surface area contributed by atoms with Crippen molar-refractivity contribution in [1.29, 1.82) is 0 Å². The summed E-state index contributed by atoms with van der Waals surface area (Å²) in [5.41, 5.74) is 0.152. The molecule has 3 rings (SSSR count). The Morgan fingerprint density at radius 1 is 1.06 bits per heavy atom. The number of rotatable bonds is 2. The number of benzene rings is 1. The minimum Gasteiger partial charge on any atom is -0.491 e. The van der Waals surface area contributed by atoms with Gasteiger partial charge in [-0.15, -0.1) is 0 Å². The van der Waals surface area contributed by atoms with Crippen molar-refractivity contribution in [3.8, 4) is 5.75 Å². The largest absolute Gasteiger partial charge is 0.491 e. The first-order valence-electron chi connectivity index (χ1n) is 10.1. The van der Waals surface area contributed by atoms with E-state index < -0.39 is 48.7 Å². The number of aliphatic hydroxyl groups excluding tert-OH is 1. The van der Waals surface area contributed by atoms with Gasteiger partial charge in [-0.2, -0.15) is 0 Å². The maximum atomic E-state index is 13.0. The van der Waals surface area contributed by atoms with Gasteiger partial charge in [0.25, 0.3) is 5.91 Å². The molecule has 2 aliphatic heterocycles. The monoisotopic (exact) mass is 447 g/mol. The second kappa shape index (κ2) is 10.6. The minimum atomic E-state index is -1.30. The molecule has 1 fully saturated rings. The van der Waals surface area contributed by atoms with Crippen molar-refractivity contribution in [1.82, 2.24) is 26.2 Å². The average molecular weight is 447 g/mol. The van der Waals surface area contributed by atoms with Gasteiger partial charge in [0.1, 0.15) is 24.4 Å². The van der Waals surface area contributed by atoms with Crippen LogP contribution in [0.3, 0.4) is 0 Å². The van der Waals surface area contributed by atoms with Gasteiger partial charge < -0.3 is 36.0 Å². The molecule has 0 spiro atoms. The Bertz CT molecular complexity index is 906. The normalized spacial score (nSPS) is 22.8. The summed E-state index contributed by atoms with van der Waals surface area (Å²) in [7, 11) is 0. The molecule has 2 atom stereocenters. The summed E-state index contributed by atoms with van der Waals surface area (Å²) in [6.07, 6.45) is -0.491. The zero-order valence-electron chi connectivity index (χ0n) is 17.3. The molecule has 32 heavy (non-hydrogen) atoms. The van der Waals surface area contributed by atoms with E-state index in [2.05, 4.69) is 21.3 Å². The molecule has 2 heterocycles. The van der Waals surface area contributed by atoms with E-state index in [0.717, 1.165) is 0 Å². The molecular weight excluding hydrogens is 422 g/mol. The first-order valence-corrected chi connectivity index (χ1v) is 10.1. The van der Waals surface area contributed by atoms with E-state index in [1.165, 1.54) is 11.0 Å². The molecule has 0 aromatic heterocycles. The van der Waals surface area contributed by atoms with Gasteiger partial charge in [0.05, 0.1) is 31.7 Å². The lowest BCUT2D eigenvalue weighted by atomic mass is 10.1. The van der Waals surface area contributed by atoms with Gasteiger partial charge in [0.2, 0.25) is 23.6 Å². The molecule has 0 unspecified atom stereocenters. The molecule has 0 saturated carbocycles. The molecule has 0 aliphatic carbocycles. The quantitative estimate of drug-likeness (QED) is 0.325. The zero-order chi connectivity index (χ0) is 23.1. The predicted molar refractivity (Wildman–Crippen MR) is 109 cm³/mol. The molecule has 0 radical (unpaired) electrons. The first-order chi connectivity index (χ1) is 15.4. The molecule has 12 heteroatoms. The van der Waals surface area contributed by atoms with Gasteiger partial charge in [-0.3, -0.25) is 24.0 Å².